The van der Waals surface area contributed by atoms with Gasteiger partial charge in [-0.1, -0.05) is 48.5 Å². The van der Waals surface area contributed by atoms with Crippen LogP contribution >= 0.6 is 11.3 Å². The van der Waals surface area contributed by atoms with E-state index in [1.165, 1.54) is 11.4 Å². The topological polar surface area (TPSA) is 116 Å². The molecule has 0 saturated carbocycles. The Morgan fingerprint density at radius 1 is 1.03 bits per heavy atom. The number of ether oxygens (including phenoxy) is 1. The predicted molar refractivity (Wildman–Crippen MR) is 115 cm³/mol. The molecular formula is C23H21NO6S. The summed E-state index contributed by atoms with van der Waals surface area (Å²) >= 11 is 0.956. The summed E-state index contributed by atoms with van der Waals surface area (Å²) in [6, 6.07) is 17.3. The summed E-state index contributed by atoms with van der Waals surface area (Å²) in [6.45, 7) is -0.0961. The van der Waals surface area contributed by atoms with Crippen LogP contribution in [0, 0.1) is 0 Å². The van der Waals surface area contributed by atoms with Crippen LogP contribution in [0.2, 0.25) is 0 Å². The van der Waals surface area contributed by atoms with Crippen LogP contribution in [0.15, 0.2) is 60.0 Å². The van der Waals surface area contributed by atoms with Crippen molar-refractivity contribution in [2.24, 2.45) is 0 Å². The zero-order valence-corrected chi connectivity index (χ0v) is 17.2. The Labute approximate surface area is 182 Å². The van der Waals surface area contributed by atoms with Crippen LogP contribution in [-0.4, -0.2) is 46.6 Å². The molecule has 0 radical (unpaired) electrons. The minimum atomic E-state index is -1.32. The van der Waals surface area contributed by atoms with E-state index in [1.807, 2.05) is 48.5 Å². The fourth-order valence-electron chi connectivity index (χ4n) is 3.79. The largest absolute Gasteiger partial charge is 0.477 e. The van der Waals surface area contributed by atoms with Gasteiger partial charge in [0.2, 0.25) is 0 Å². The Bertz CT molecular complexity index is 1070. The van der Waals surface area contributed by atoms with Crippen molar-refractivity contribution in [2.75, 3.05) is 13.2 Å². The number of carboxylic acids is 1. The molecule has 7 nitrogen and oxygen atoms in total. The number of alkyl carbamates (subject to hydrolysis) is 1. The van der Waals surface area contributed by atoms with E-state index < -0.39 is 24.3 Å². The molecule has 1 heterocycles. The highest BCUT2D eigenvalue weighted by molar-refractivity contribution is 7.12. The van der Waals surface area contributed by atoms with Gasteiger partial charge in [0.1, 0.15) is 23.7 Å². The normalized spacial score (nSPS) is 14.4. The van der Waals surface area contributed by atoms with Crippen LogP contribution in [0.3, 0.4) is 0 Å². The first-order chi connectivity index (χ1) is 15.0. The number of hydrogen-bond donors (Lipinski definition) is 4. The monoisotopic (exact) mass is 439 g/mol. The molecule has 8 heteroatoms. The Hall–Kier alpha value is -3.20. The number of carboxylic acid groups (broad SMARTS) is 1. The summed E-state index contributed by atoms with van der Waals surface area (Å²) in [4.78, 5) is 23.2. The smallest absolute Gasteiger partial charge is 0.407 e. The molecule has 31 heavy (non-hydrogen) atoms. The maximum Gasteiger partial charge on any atom is 0.407 e. The number of nitrogens with one attached hydrogen (secondary N) is 1. The molecule has 0 aliphatic heterocycles. The highest BCUT2D eigenvalue weighted by atomic mass is 32.1. The second kappa shape index (κ2) is 8.89. The van der Waals surface area contributed by atoms with Crippen LogP contribution < -0.4 is 5.32 Å². The van der Waals surface area contributed by atoms with Gasteiger partial charge in [-0.2, -0.15) is 0 Å². The number of thiophene rings is 1. The van der Waals surface area contributed by atoms with Gasteiger partial charge < -0.3 is 25.4 Å². The minimum Gasteiger partial charge on any atom is -0.477 e. The highest BCUT2D eigenvalue weighted by Crippen LogP contribution is 2.44. The molecule has 4 N–H and O–H groups in total. The van der Waals surface area contributed by atoms with E-state index in [0.29, 0.717) is 0 Å². The molecule has 0 saturated heterocycles. The standard InChI is InChI=1S/C23H21NO6S/c25-19(21(26)13-9-20(22(27)28)31-12-13)10-24-23(29)30-11-18-16-7-3-1-5-14(16)15-6-2-4-8-17(15)18/h1-9,12,18-19,21,25-26H,10-11H2,(H,24,29)(H,27,28). The third-order valence-corrected chi connectivity index (χ3v) is 6.27. The molecule has 2 atom stereocenters. The average Bonchev–Trinajstić information content (AvgIpc) is 3.39. The van der Waals surface area contributed by atoms with Crippen LogP contribution in [0.1, 0.15) is 38.4 Å². The van der Waals surface area contributed by atoms with Crippen LogP contribution in [0.25, 0.3) is 11.1 Å². The van der Waals surface area contributed by atoms with Gasteiger partial charge in [0, 0.05) is 12.5 Å². The maximum atomic E-state index is 12.2. The number of fused-ring (bicyclic) bond motifs is 3. The lowest BCUT2D eigenvalue weighted by Crippen LogP contribution is -2.36. The van der Waals surface area contributed by atoms with Gasteiger partial charge in [0.25, 0.3) is 0 Å². The number of aliphatic hydroxyl groups is 2. The Morgan fingerprint density at radius 2 is 1.65 bits per heavy atom. The molecule has 2 aromatic carbocycles. The summed E-state index contributed by atoms with van der Waals surface area (Å²) in [5.41, 5.74) is 4.73. The zero-order valence-electron chi connectivity index (χ0n) is 16.4. The minimum absolute atomic E-state index is 0.0609. The van der Waals surface area contributed by atoms with Gasteiger partial charge in [-0.05, 0) is 39.3 Å². The van der Waals surface area contributed by atoms with Crippen molar-refractivity contribution in [2.45, 2.75) is 18.1 Å². The van der Waals surface area contributed by atoms with Crippen LogP contribution in [0.5, 0.6) is 0 Å². The summed E-state index contributed by atoms with van der Waals surface area (Å²) in [6.07, 6.45) is -3.33. The van der Waals surface area contributed by atoms with Crippen molar-refractivity contribution in [3.8, 4) is 11.1 Å². The van der Waals surface area contributed by atoms with Crippen molar-refractivity contribution < 1.29 is 29.6 Å². The molecule has 2 unspecified atom stereocenters. The van der Waals surface area contributed by atoms with Crippen molar-refractivity contribution in [3.63, 3.8) is 0 Å². The molecule has 3 aromatic rings. The second-order valence-corrected chi connectivity index (χ2v) is 8.18. The van der Waals surface area contributed by atoms with Gasteiger partial charge in [-0.25, -0.2) is 9.59 Å². The Kier molecular flexibility index (Phi) is 6.03. The third-order valence-electron chi connectivity index (χ3n) is 5.34. The fourth-order valence-corrected chi connectivity index (χ4v) is 4.56. The van der Waals surface area contributed by atoms with Crippen molar-refractivity contribution in [1.29, 1.82) is 0 Å². The zero-order chi connectivity index (χ0) is 22.0. The summed E-state index contributed by atoms with van der Waals surface area (Å²) in [7, 11) is 0. The van der Waals surface area contributed by atoms with Crippen molar-refractivity contribution in [3.05, 3.63) is 81.5 Å². The molecule has 1 amide bonds. The fraction of sp³-hybridized carbons (Fsp3) is 0.217. The van der Waals surface area contributed by atoms with E-state index in [-0.39, 0.29) is 29.5 Å². The van der Waals surface area contributed by atoms with Gasteiger partial charge in [0.05, 0.1) is 0 Å². The summed E-state index contributed by atoms with van der Waals surface area (Å²) < 4.78 is 5.39. The van der Waals surface area contributed by atoms with E-state index in [0.717, 1.165) is 33.6 Å². The molecule has 1 aliphatic carbocycles. The number of aliphatic hydroxyl groups excluding tert-OH is 2. The van der Waals surface area contributed by atoms with Gasteiger partial charge >= 0.3 is 12.1 Å². The van der Waals surface area contributed by atoms with E-state index in [2.05, 4.69) is 5.32 Å². The first-order valence-electron chi connectivity index (χ1n) is 9.72. The number of rotatable bonds is 7. The molecular weight excluding hydrogens is 418 g/mol. The first-order valence-corrected chi connectivity index (χ1v) is 10.6. The predicted octanol–water partition coefficient (Wildman–Crippen LogP) is 3.38. The van der Waals surface area contributed by atoms with Gasteiger partial charge in [-0.15, -0.1) is 11.3 Å². The average molecular weight is 439 g/mol. The van der Waals surface area contributed by atoms with E-state index in [1.54, 1.807) is 0 Å². The maximum absolute atomic E-state index is 12.2. The number of hydrogen-bond acceptors (Lipinski definition) is 6. The number of benzene rings is 2. The number of carbonyl (C=O) groups is 2. The summed E-state index contributed by atoms with van der Waals surface area (Å²) in [5, 5.41) is 33.2. The molecule has 0 fully saturated rings. The molecule has 0 bridgehead atoms. The lowest BCUT2D eigenvalue weighted by Gasteiger charge is -2.18. The third kappa shape index (κ3) is 4.32. The van der Waals surface area contributed by atoms with Crippen molar-refractivity contribution >= 4 is 23.4 Å². The Balaban J connectivity index is 1.33. The van der Waals surface area contributed by atoms with Crippen LogP contribution in [0.4, 0.5) is 4.79 Å². The molecule has 1 aliphatic rings. The highest BCUT2D eigenvalue weighted by Gasteiger charge is 2.29. The summed E-state index contributed by atoms with van der Waals surface area (Å²) in [5.74, 6) is -1.18. The van der Waals surface area contributed by atoms with Gasteiger partial charge in [0.15, 0.2) is 0 Å². The lowest BCUT2D eigenvalue weighted by molar-refractivity contribution is 0.0187. The van der Waals surface area contributed by atoms with E-state index >= 15 is 0 Å². The SMILES string of the molecule is O=C(NCC(O)C(O)c1csc(C(=O)O)c1)OCC1c2ccccc2-c2ccccc21. The number of amides is 1. The molecule has 0 spiro atoms. The number of carbonyl (C=O) groups excluding carboxylic acids is 1. The van der Waals surface area contributed by atoms with E-state index in [9.17, 15) is 19.8 Å². The quantitative estimate of drug-likeness (QED) is 0.449. The molecule has 1 aromatic heterocycles. The van der Waals surface area contributed by atoms with Gasteiger partial charge in [-0.3, -0.25) is 0 Å². The first kappa shape index (κ1) is 21.0. The molecule has 4 rings (SSSR count). The Morgan fingerprint density at radius 3 is 2.23 bits per heavy atom. The van der Waals surface area contributed by atoms with Crippen molar-refractivity contribution in [1.82, 2.24) is 5.32 Å². The van der Waals surface area contributed by atoms with E-state index in [4.69, 9.17) is 9.84 Å². The number of aromatic carboxylic acids is 1. The van der Waals surface area contributed by atoms with Crippen LogP contribution in [-0.2, 0) is 4.74 Å². The molecule has 160 valence electrons. The lowest BCUT2D eigenvalue weighted by atomic mass is 9.98. The second-order valence-electron chi connectivity index (χ2n) is 7.27.